The molecule has 18 heavy (non-hydrogen) atoms. The third kappa shape index (κ3) is 4.11. The van der Waals surface area contributed by atoms with Crippen LogP contribution in [0.15, 0.2) is 24.3 Å². The van der Waals surface area contributed by atoms with Crippen molar-refractivity contribution in [2.45, 2.75) is 31.8 Å². The highest BCUT2D eigenvalue weighted by molar-refractivity contribution is 5.69. The summed E-state index contributed by atoms with van der Waals surface area (Å²) < 4.78 is 23.2. The van der Waals surface area contributed by atoms with E-state index in [0.29, 0.717) is 19.4 Å². The molecule has 1 atom stereocenters. The maximum absolute atomic E-state index is 12.7. The second kappa shape index (κ2) is 6.50. The van der Waals surface area contributed by atoms with Crippen LogP contribution >= 0.6 is 0 Å². The Kier molecular flexibility index (Phi) is 4.70. The van der Waals surface area contributed by atoms with Gasteiger partial charge in [0.1, 0.15) is 12.4 Å². The SMILES string of the molecule is O=C(CCc1ccc(F)cc1)OCC1CCCO1. The smallest absolute Gasteiger partial charge is 0.306 e. The summed E-state index contributed by atoms with van der Waals surface area (Å²) in [6.07, 6.45) is 2.96. The number of carbonyl (C=O) groups is 1. The van der Waals surface area contributed by atoms with Crippen LogP contribution in [-0.4, -0.2) is 25.3 Å². The normalized spacial score (nSPS) is 18.8. The summed E-state index contributed by atoms with van der Waals surface area (Å²) in [5, 5.41) is 0. The predicted octanol–water partition coefficient (Wildman–Crippen LogP) is 2.48. The highest BCUT2D eigenvalue weighted by Gasteiger charge is 2.17. The molecule has 1 aromatic carbocycles. The second-order valence-electron chi connectivity index (χ2n) is 4.44. The van der Waals surface area contributed by atoms with Gasteiger partial charge in [0.05, 0.1) is 6.10 Å². The first-order valence-electron chi connectivity index (χ1n) is 6.26. The predicted molar refractivity (Wildman–Crippen MR) is 64.7 cm³/mol. The molecule has 1 aromatic rings. The molecule has 1 aliphatic rings. The van der Waals surface area contributed by atoms with Gasteiger partial charge in [-0.3, -0.25) is 4.79 Å². The molecule has 3 nitrogen and oxygen atoms in total. The topological polar surface area (TPSA) is 35.5 Å². The summed E-state index contributed by atoms with van der Waals surface area (Å²) >= 11 is 0. The lowest BCUT2D eigenvalue weighted by Crippen LogP contribution is -2.18. The molecular formula is C14H17FO3. The molecule has 98 valence electrons. The molecule has 0 saturated carbocycles. The van der Waals surface area contributed by atoms with Crippen LogP contribution in [0, 0.1) is 5.82 Å². The largest absolute Gasteiger partial charge is 0.463 e. The van der Waals surface area contributed by atoms with Gasteiger partial charge in [0.2, 0.25) is 0 Å². The minimum Gasteiger partial charge on any atom is -0.463 e. The van der Waals surface area contributed by atoms with E-state index in [1.165, 1.54) is 12.1 Å². The van der Waals surface area contributed by atoms with Gasteiger partial charge in [-0.2, -0.15) is 0 Å². The Morgan fingerprint density at radius 3 is 2.83 bits per heavy atom. The number of carbonyl (C=O) groups excluding carboxylic acids is 1. The second-order valence-corrected chi connectivity index (χ2v) is 4.44. The summed E-state index contributed by atoms with van der Waals surface area (Å²) in [5.41, 5.74) is 0.936. The number of ether oxygens (including phenoxy) is 2. The van der Waals surface area contributed by atoms with Crippen LogP contribution in [0.1, 0.15) is 24.8 Å². The van der Waals surface area contributed by atoms with Crippen LogP contribution in [0.3, 0.4) is 0 Å². The van der Waals surface area contributed by atoms with E-state index in [4.69, 9.17) is 9.47 Å². The molecule has 0 amide bonds. The molecule has 0 aromatic heterocycles. The van der Waals surface area contributed by atoms with Gasteiger partial charge in [-0.25, -0.2) is 4.39 Å². The third-order valence-electron chi connectivity index (χ3n) is 2.99. The Hall–Kier alpha value is -1.42. The molecule has 1 saturated heterocycles. The van der Waals surface area contributed by atoms with Crippen LogP contribution in [-0.2, 0) is 20.7 Å². The molecule has 1 unspecified atom stereocenters. The Morgan fingerprint density at radius 1 is 1.39 bits per heavy atom. The molecule has 0 N–H and O–H groups in total. The number of aryl methyl sites for hydroxylation is 1. The van der Waals surface area contributed by atoms with Gasteiger partial charge in [0.25, 0.3) is 0 Å². The van der Waals surface area contributed by atoms with E-state index in [0.717, 1.165) is 25.0 Å². The highest BCUT2D eigenvalue weighted by atomic mass is 19.1. The maximum Gasteiger partial charge on any atom is 0.306 e. The Balaban J connectivity index is 1.66. The van der Waals surface area contributed by atoms with Gasteiger partial charge in [-0.05, 0) is 37.0 Å². The van der Waals surface area contributed by atoms with Gasteiger partial charge in [0.15, 0.2) is 0 Å². The lowest BCUT2D eigenvalue weighted by atomic mass is 10.1. The average Bonchev–Trinajstić information content (AvgIpc) is 2.89. The van der Waals surface area contributed by atoms with Crippen molar-refractivity contribution in [1.82, 2.24) is 0 Å². The first-order valence-corrected chi connectivity index (χ1v) is 6.26. The zero-order chi connectivity index (χ0) is 12.8. The van der Waals surface area contributed by atoms with Gasteiger partial charge < -0.3 is 9.47 Å². The van der Waals surface area contributed by atoms with Crippen LogP contribution in [0.25, 0.3) is 0 Å². The van der Waals surface area contributed by atoms with Crippen molar-refractivity contribution in [2.75, 3.05) is 13.2 Å². The van der Waals surface area contributed by atoms with Crippen molar-refractivity contribution < 1.29 is 18.7 Å². The van der Waals surface area contributed by atoms with Gasteiger partial charge in [0, 0.05) is 13.0 Å². The van der Waals surface area contributed by atoms with Gasteiger partial charge in [-0.1, -0.05) is 12.1 Å². The number of esters is 1. The molecule has 4 heteroatoms. The Morgan fingerprint density at radius 2 is 2.17 bits per heavy atom. The number of halogens is 1. The number of rotatable bonds is 5. The lowest BCUT2D eigenvalue weighted by molar-refractivity contribution is -0.146. The quantitative estimate of drug-likeness (QED) is 0.755. The standard InChI is InChI=1S/C14H17FO3/c15-12-6-3-11(4-7-12)5-8-14(16)18-10-13-2-1-9-17-13/h3-4,6-7,13H,1-2,5,8-10H2. The monoisotopic (exact) mass is 252 g/mol. The summed E-state index contributed by atoms with van der Waals surface area (Å²) in [6.45, 7) is 1.11. The molecule has 0 bridgehead atoms. The molecule has 0 radical (unpaired) electrons. The van der Waals surface area contributed by atoms with E-state index >= 15 is 0 Å². The van der Waals surface area contributed by atoms with E-state index in [9.17, 15) is 9.18 Å². The average molecular weight is 252 g/mol. The minimum absolute atomic E-state index is 0.0692. The number of benzene rings is 1. The molecule has 1 fully saturated rings. The minimum atomic E-state index is -0.264. The van der Waals surface area contributed by atoms with E-state index < -0.39 is 0 Å². The van der Waals surface area contributed by atoms with Crippen LogP contribution in [0.4, 0.5) is 4.39 Å². The van der Waals surface area contributed by atoms with Crippen molar-refractivity contribution in [3.05, 3.63) is 35.6 Å². The Bertz CT molecular complexity index is 383. The van der Waals surface area contributed by atoms with Crippen LogP contribution in [0.2, 0.25) is 0 Å². The lowest BCUT2D eigenvalue weighted by Gasteiger charge is -2.10. The fourth-order valence-electron chi connectivity index (χ4n) is 1.93. The highest BCUT2D eigenvalue weighted by Crippen LogP contribution is 2.12. The molecule has 1 heterocycles. The van der Waals surface area contributed by atoms with Crippen molar-refractivity contribution >= 4 is 5.97 Å². The summed E-state index contributed by atoms with van der Waals surface area (Å²) in [4.78, 5) is 11.5. The zero-order valence-electron chi connectivity index (χ0n) is 10.2. The van der Waals surface area contributed by atoms with Crippen LogP contribution in [0.5, 0.6) is 0 Å². The third-order valence-corrected chi connectivity index (χ3v) is 2.99. The van der Waals surface area contributed by atoms with Gasteiger partial charge in [-0.15, -0.1) is 0 Å². The van der Waals surface area contributed by atoms with E-state index in [1.54, 1.807) is 12.1 Å². The first kappa shape index (κ1) is 13.0. The fraction of sp³-hybridized carbons (Fsp3) is 0.500. The number of hydrogen-bond acceptors (Lipinski definition) is 3. The van der Waals surface area contributed by atoms with E-state index in [1.807, 2.05) is 0 Å². The van der Waals surface area contributed by atoms with Crippen molar-refractivity contribution in [3.63, 3.8) is 0 Å². The summed E-state index contributed by atoms with van der Waals surface area (Å²) in [7, 11) is 0. The summed E-state index contributed by atoms with van der Waals surface area (Å²) in [6, 6.07) is 6.16. The first-order chi connectivity index (χ1) is 8.74. The van der Waals surface area contributed by atoms with Gasteiger partial charge >= 0.3 is 5.97 Å². The molecule has 1 aliphatic heterocycles. The molecule has 2 rings (SSSR count). The van der Waals surface area contributed by atoms with Crippen molar-refractivity contribution in [2.24, 2.45) is 0 Å². The summed E-state index contributed by atoms with van der Waals surface area (Å²) in [5.74, 6) is -0.491. The fourth-order valence-corrected chi connectivity index (χ4v) is 1.93. The van der Waals surface area contributed by atoms with E-state index in [2.05, 4.69) is 0 Å². The van der Waals surface area contributed by atoms with E-state index in [-0.39, 0.29) is 17.9 Å². The molecule has 0 aliphatic carbocycles. The molecular weight excluding hydrogens is 235 g/mol. The van der Waals surface area contributed by atoms with Crippen LogP contribution < -0.4 is 0 Å². The zero-order valence-corrected chi connectivity index (χ0v) is 10.2. The Labute approximate surface area is 106 Å². The molecule has 0 spiro atoms. The number of hydrogen-bond donors (Lipinski definition) is 0. The maximum atomic E-state index is 12.7. The van der Waals surface area contributed by atoms with Crippen molar-refractivity contribution in [1.29, 1.82) is 0 Å². The van der Waals surface area contributed by atoms with Crippen molar-refractivity contribution in [3.8, 4) is 0 Å².